The summed E-state index contributed by atoms with van der Waals surface area (Å²) >= 11 is 0. The van der Waals surface area contributed by atoms with Crippen molar-refractivity contribution in [2.45, 2.75) is 25.3 Å². The Kier molecular flexibility index (Phi) is 8.91. The van der Waals surface area contributed by atoms with Gasteiger partial charge in [-0.15, -0.1) is 0 Å². The Bertz CT molecular complexity index is 598. The van der Waals surface area contributed by atoms with E-state index in [1.807, 2.05) is 13.8 Å². The highest BCUT2D eigenvalue weighted by Gasteiger charge is 2.21. The van der Waals surface area contributed by atoms with Gasteiger partial charge in [0, 0.05) is 33.3 Å². The lowest BCUT2D eigenvalue weighted by molar-refractivity contribution is -0.120. The van der Waals surface area contributed by atoms with Crippen molar-refractivity contribution in [3.8, 4) is 0 Å². The molecule has 0 aromatic heterocycles. The molecule has 0 aliphatic heterocycles. The number of nitrogens with one attached hydrogen (secondary N) is 2. The number of benzene rings is 1. The van der Waals surface area contributed by atoms with Gasteiger partial charge < -0.3 is 15.4 Å². The molecule has 8 heteroatoms. The molecular weight excluding hydrogens is 330 g/mol. The first kappa shape index (κ1) is 20.6. The molecule has 1 amide bonds. The van der Waals surface area contributed by atoms with Crippen LogP contribution in [0.1, 0.15) is 19.4 Å². The minimum absolute atomic E-state index is 0.119. The number of hydrogen-bond acceptors (Lipinski definition) is 5. The summed E-state index contributed by atoms with van der Waals surface area (Å²) in [5.41, 5.74) is 0.846. The van der Waals surface area contributed by atoms with Crippen LogP contribution in [0.3, 0.4) is 0 Å². The topological polar surface area (TPSA) is 87.7 Å². The molecule has 0 saturated heterocycles. The SMILES string of the molecule is CCN(CC)S(=O)(=O)c1ccc(CNC(=O)CNCCOC)cc1. The predicted molar refractivity (Wildman–Crippen MR) is 93.1 cm³/mol. The number of amides is 1. The summed E-state index contributed by atoms with van der Waals surface area (Å²) in [6.07, 6.45) is 0. The van der Waals surface area contributed by atoms with E-state index >= 15 is 0 Å². The van der Waals surface area contributed by atoms with Crippen molar-refractivity contribution in [2.24, 2.45) is 0 Å². The van der Waals surface area contributed by atoms with Gasteiger partial charge in [0.1, 0.15) is 0 Å². The summed E-state index contributed by atoms with van der Waals surface area (Å²) < 4.78 is 31.1. The van der Waals surface area contributed by atoms with Gasteiger partial charge in [0.05, 0.1) is 18.0 Å². The molecule has 0 radical (unpaired) electrons. The Morgan fingerprint density at radius 3 is 2.33 bits per heavy atom. The van der Waals surface area contributed by atoms with Gasteiger partial charge in [0.15, 0.2) is 0 Å². The largest absolute Gasteiger partial charge is 0.383 e. The molecule has 0 atom stereocenters. The van der Waals surface area contributed by atoms with Crippen LogP contribution in [0.4, 0.5) is 0 Å². The van der Waals surface area contributed by atoms with Gasteiger partial charge in [0.25, 0.3) is 0 Å². The number of nitrogens with zero attached hydrogens (tertiary/aromatic N) is 1. The summed E-state index contributed by atoms with van der Waals surface area (Å²) in [6, 6.07) is 6.59. The maximum absolute atomic E-state index is 12.4. The number of carbonyl (C=O) groups excluding carboxylic acids is 1. The molecule has 2 N–H and O–H groups in total. The van der Waals surface area contributed by atoms with Gasteiger partial charge in [-0.3, -0.25) is 4.79 Å². The van der Waals surface area contributed by atoms with E-state index in [4.69, 9.17) is 4.74 Å². The fourth-order valence-corrected chi connectivity index (χ4v) is 3.59. The molecule has 0 heterocycles. The van der Waals surface area contributed by atoms with Crippen LogP contribution >= 0.6 is 0 Å². The third-order valence-electron chi connectivity index (χ3n) is 3.52. The van der Waals surface area contributed by atoms with Crippen molar-refractivity contribution >= 4 is 15.9 Å². The van der Waals surface area contributed by atoms with Crippen molar-refractivity contribution in [2.75, 3.05) is 39.9 Å². The van der Waals surface area contributed by atoms with Crippen molar-refractivity contribution in [1.29, 1.82) is 0 Å². The van der Waals surface area contributed by atoms with Gasteiger partial charge in [-0.2, -0.15) is 4.31 Å². The minimum atomic E-state index is -3.44. The molecule has 0 aliphatic carbocycles. The van der Waals surface area contributed by atoms with Gasteiger partial charge in [-0.1, -0.05) is 26.0 Å². The predicted octanol–water partition coefficient (Wildman–Crippen LogP) is 0.569. The first-order valence-electron chi connectivity index (χ1n) is 8.01. The molecule has 24 heavy (non-hydrogen) atoms. The van der Waals surface area contributed by atoms with E-state index in [0.717, 1.165) is 5.56 Å². The molecule has 1 aromatic rings. The Morgan fingerprint density at radius 1 is 1.17 bits per heavy atom. The second kappa shape index (κ2) is 10.4. The first-order valence-corrected chi connectivity index (χ1v) is 9.45. The zero-order valence-corrected chi connectivity index (χ0v) is 15.4. The third kappa shape index (κ3) is 6.20. The van der Waals surface area contributed by atoms with Crippen LogP contribution in [0.25, 0.3) is 0 Å². The number of carbonyl (C=O) groups is 1. The summed E-state index contributed by atoms with van der Waals surface area (Å²) in [5.74, 6) is -0.119. The van der Waals surface area contributed by atoms with E-state index in [2.05, 4.69) is 10.6 Å². The van der Waals surface area contributed by atoms with Crippen LogP contribution in [0.2, 0.25) is 0 Å². The lowest BCUT2D eigenvalue weighted by Gasteiger charge is -2.18. The number of hydrogen-bond donors (Lipinski definition) is 2. The van der Waals surface area contributed by atoms with Gasteiger partial charge >= 0.3 is 0 Å². The summed E-state index contributed by atoms with van der Waals surface area (Å²) in [5, 5.41) is 5.73. The van der Waals surface area contributed by atoms with E-state index in [-0.39, 0.29) is 17.3 Å². The molecule has 0 unspecified atom stereocenters. The smallest absolute Gasteiger partial charge is 0.243 e. The molecule has 0 bridgehead atoms. The van der Waals surface area contributed by atoms with E-state index in [9.17, 15) is 13.2 Å². The molecule has 0 spiro atoms. The molecule has 136 valence electrons. The molecule has 1 rings (SSSR count). The van der Waals surface area contributed by atoms with Crippen LogP contribution in [-0.2, 0) is 26.1 Å². The van der Waals surface area contributed by atoms with Crippen molar-refractivity contribution in [1.82, 2.24) is 14.9 Å². The Hall–Kier alpha value is -1.48. The standard InChI is InChI=1S/C16H27N3O4S/c1-4-19(5-2)24(21,22)15-8-6-14(7-9-15)12-18-16(20)13-17-10-11-23-3/h6-9,17H,4-5,10-13H2,1-3H3,(H,18,20). The highest BCUT2D eigenvalue weighted by Crippen LogP contribution is 2.16. The van der Waals surface area contributed by atoms with Crippen LogP contribution in [-0.4, -0.2) is 58.5 Å². The summed E-state index contributed by atoms with van der Waals surface area (Å²) in [4.78, 5) is 11.9. The second-order valence-electron chi connectivity index (χ2n) is 5.18. The highest BCUT2D eigenvalue weighted by molar-refractivity contribution is 7.89. The zero-order chi connectivity index (χ0) is 18.0. The van der Waals surface area contributed by atoms with E-state index in [0.29, 0.717) is 32.8 Å². The van der Waals surface area contributed by atoms with E-state index in [1.54, 1.807) is 31.4 Å². The average molecular weight is 357 g/mol. The van der Waals surface area contributed by atoms with Crippen LogP contribution < -0.4 is 10.6 Å². The highest BCUT2D eigenvalue weighted by atomic mass is 32.2. The van der Waals surface area contributed by atoms with Crippen molar-refractivity contribution in [3.05, 3.63) is 29.8 Å². The average Bonchev–Trinajstić information content (AvgIpc) is 2.58. The van der Waals surface area contributed by atoms with Gasteiger partial charge in [0.2, 0.25) is 15.9 Å². The van der Waals surface area contributed by atoms with Crippen LogP contribution in [0, 0.1) is 0 Å². The lowest BCUT2D eigenvalue weighted by Crippen LogP contribution is -2.34. The number of rotatable bonds is 11. The summed E-state index contributed by atoms with van der Waals surface area (Å²) in [7, 11) is -1.84. The number of sulfonamides is 1. The Balaban J connectivity index is 2.55. The van der Waals surface area contributed by atoms with Crippen molar-refractivity contribution in [3.63, 3.8) is 0 Å². The molecular formula is C16H27N3O4S. The molecule has 7 nitrogen and oxygen atoms in total. The monoisotopic (exact) mass is 357 g/mol. The second-order valence-corrected chi connectivity index (χ2v) is 7.12. The summed E-state index contributed by atoms with van der Waals surface area (Å²) in [6.45, 7) is 6.24. The van der Waals surface area contributed by atoms with Crippen LogP contribution in [0.5, 0.6) is 0 Å². The van der Waals surface area contributed by atoms with E-state index < -0.39 is 10.0 Å². The Labute approximate surface area is 144 Å². The number of ether oxygens (including phenoxy) is 1. The molecule has 0 aliphatic rings. The van der Waals surface area contributed by atoms with Crippen LogP contribution in [0.15, 0.2) is 29.2 Å². The third-order valence-corrected chi connectivity index (χ3v) is 5.59. The number of methoxy groups -OCH3 is 1. The fraction of sp³-hybridized carbons (Fsp3) is 0.562. The zero-order valence-electron chi connectivity index (χ0n) is 14.5. The molecule has 0 fully saturated rings. The van der Waals surface area contributed by atoms with Gasteiger partial charge in [-0.05, 0) is 17.7 Å². The lowest BCUT2D eigenvalue weighted by atomic mass is 10.2. The minimum Gasteiger partial charge on any atom is -0.383 e. The molecule has 0 saturated carbocycles. The van der Waals surface area contributed by atoms with Gasteiger partial charge in [-0.25, -0.2) is 8.42 Å². The maximum atomic E-state index is 12.4. The fourth-order valence-electron chi connectivity index (χ4n) is 2.13. The molecule has 1 aromatic carbocycles. The Morgan fingerprint density at radius 2 is 1.79 bits per heavy atom. The maximum Gasteiger partial charge on any atom is 0.243 e. The quantitative estimate of drug-likeness (QED) is 0.565. The normalized spacial score (nSPS) is 11.7. The first-order chi connectivity index (χ1) is 11.5. The van der Waals surface area contributed by atoms with Crippen molar-refractivity contribution < 1.29 is 17.9 Å². The van der Waals surface area contributed by atoms with E-state index in [1.165, 1.54) is 4.31 Å².